The van der Waals surface area contributed by atoms with Crippen LogP contribution in [0.2, 0.25) is 0 Å². The largest absolute Gasteiger partial charge is 0.496 e. The predicted molar refractivity (Wildman–Crippen MR) is 110 cm³/mol. The minimum absolute atomic E-state index is 0.0329. The molecule has 1 aromatic carbocycles. The highest BCUT2D eigenvalue weighted by molar-refractivity contribution is 7.10. The number of benzene rings is 1. The molecule has 2 aromatic rings. The lowest BCUT2D eigenvalue weighted by Crippen LogP contribution is -2.46. The molecule has 1 fully saturated rings. The Balaban J connectivity index is 1.54. The van der Waals surface area contributed by atoms with Gasteiger partial charge in [0.25, 0.3) is 5.91 Å². The van der Waals surface area contributed by atoms with E-state index in [1.165, 1.54) is 0 Å². The number of morpholine rings is 1. The van der Waals surface area contributed by atoms with Crippen LogP contribution in [0.25, 0.3) is 11.3 Å². The number of allylic oxidation sites excluding steroid dienone is 2. The Bertz CT molecular complexity index is 918. The Kier molecular flexibility index (Phi) is 5.59. The van der Waals surface area contributed by atoms with Gasteiger partial charge in [-0.25, -0.2) is 4.98 Å². The standard InChI is InChI=1S/C22H24N2O3S/c1-15-12-24(22(25)16-8-4-3-5-9-16)13-20(27-15)21-23-18(14-28-21)17-10-6-7-11-19(17)26-2/h4,6-11,14-15,20H,3,5,12-13H2,1-2H3. The molecular weight excluding hydrogens is 372 g/mol. The summed E-state index contributed by atoms with van der Waals surface area (Å²) in [7, 11) is 1.66. The second kappa shape index (κ2) is 8.29. The van der Waals surface area contributed by atoms with Crippen molar-refractivity contribution in [1.82, 2.24) is 9.88 Å². The maximum Gasteiger partial charge on any atom is 0.253 e. The monoisotopic (exact) mass is 396 g/mol. The zero-order valence-corrected chi connectivity index (χ0v) is 16.9. The maximum absolute atomic E-state index is 12.9. The number of thiazole rings is 1. The minimum atomic E-state index is -0.214. The van der Waals surface area contributed by atoms with Gasteiger partial charge in [0, 0.05) is 23.1 Å². The summed E-state index contributed by atoms with van der Waals surface area (Å²) >= 11 is 1.56. The molecule has 1 amide bonds. The molecule has 0 radical (unpaired) electrons. The number of ether oxygens (including phenoxy) is 2. The molecule has 0 bridgehead atoms. The van der Waals surface area contributed by atoms with E-state index in [1.807, 2.05) is 53.6 Å². The molecule has 2 aliphatic rings. The summed E-state index contributed by atoms with van der Waals surface area (Å²) in [4.78, 5) is 19.6. The number of hydrogen-bond donors (Lipinski definition) is 0. The van der Waals surface area contributed by atoms with Crippen molar-refractivity contribution in [2.45, 2.75) is 32.0 Å². The van der Waals surface area contributed by atoms with Crippen LogP contribution in [-0.4, -0.2) is 42.1 Å². The van der Waals surface area contributed by atoms with E-state index in [0.29, 0.717) is 13.1 Å². The number of rotatable bonds is 4. The van der Waals surface area contributed by atoms with E-state index in [-0.39, 0.29) is 18.1 Å². The Hall–Kier alpha value is -2.44. The highest BCUT2D eigenvalue weighted by Gasteiger charge is 2.32. The van der Waals surface area contributed by atoms with Crippen molar-refractivity contribution in [3.05, 3.63) is 58.5 Å². The van der Waals surface area contributed by atoms with Crippen LogP contribution in [0, 0.1) is 0 Å². The van der Waals surface area contributed by atoms with Crippen molar-refractivity contribution < 1.29 is 14.3 Å². The first-order valence-electron chi connectivity index (χ1n) is 9.56. The molecule has 0 saturated carbocycles. The van der Waals surface area contributed by atoms with Crippen molar-refractivity contribution >= 4 is 17.2 Å². The van der Waals surface area contributed by atoms with Crippen molar-refractivity contribution in [2.24, 2.45) is 0 Å². The van der Waals surface area contributed by atoms with Gasteiger partial charge in [-0.05, 0) is 31.9 Å². The number of nitrogens with zero attached hydrogens (tertiary/aromatic N) is 2. The Labute approximate surface area is 169 Å². The van der Waals surface area contributed by atoms with Crippen LogP contribution in [0.3, 0.4) is 0 Å². The van der Waals surface area contributed by atoms with Gasteiger partial charge in [-0.1, -0.05) is 30.4 Å². The first-order valence-corrected chi connectivity index (χ1v) is 10.4. The first kappa shape index (κ1) is 18.9. The number of aromatic nitrogens is 1. The second-order valence-corrected chi connectivity index (χ2v) is 7.95. The summed E-state index contributed by atoms with van der Waals surface area (Å²) in [6.07, 6.45) is 7.71. The molecule has 2 unspecified atom stereocenters. The summed E-state index contributed by atoms with van der Waals surface area (Å²) < 4.78 is 11.6. The third kappa shape index (κ3) is 3.88. The molecule has 1 saturated heterocycles. The van der Waals surface area contributed by atoms with Crippen molar-refractivity contribution in [3.63, 3.8) is 0 Å². The third-order valence-corrected chi connectivity index (χ3v) is 5.91. The predicted octanol–water partition coefficient (Wildman–Crippen LogP) is 4.38. The maximum atomic E-state index is 12.9. The number of amides is 1. The van der Waals surface area contributed by atoms with E-state index in [2.05, 4.69) is 6.08 Å². The van der Waals surface area contributed by atoms with Gasteiger partial charge in [0.2, 0.25) is 0 Å². The lowest BCUT2D eigenvalue weighted by Gasteiger charge is -2.36. The Morgan fingerprint density at radius 3 is 2.93 bits per heavy atom. The molecule has 2 heterocycles. The number of carbonyl (C=O) groups is 1. The molecule has 1 aromatic heterocycles. The van der Waals surface area contributed by atoms with Gasteiger partial charge in [0.15, 0.2) is 0 Å². The average molecular weight is 397 g/mol. The molecule has 6 heteroatoms. The van der Waals surface area contributed by atoms with Crippen molar-refractivity contribution in [3.8, 4) is 17.0 Å². The SMILES string of the molecule is COc1ccccc1-c1csc(C2CN(C(=O)C3=CCCC=C3)CC(C)O2)n1. The van der Waals surface area contributed by atoms with E-state index in [4.69, 9.17) is 14.5 Å². The molecule has 1 aliphatic heterocycles. The van der Waals surface area contributed by atoms with Gasteiger partial charge < -0.3 is 14.4 Å². The number of para-hydroxylation sites is 1. The van der Waals surface area contributed by atoms with E-state index in [1.54, 1.807) is 18.4 Å². The number of hydrogen-bond acceptors (Lipinski definition) is 5. The fraction of sp³-hybridized carbons (Fsp3) is 0.364. The molecular formula is C22H24N2O3S. The van der Waals surface area contributed by atoms with Crippen LogP contribution in [-0.2, 0) is 9.53 Å². The zero-order valence-electron chi connectivity index (χ0n) is 16.1. The third-order valence-electron chi connectivity index (χ3n) is 4.97. The smallest absolute Gasteiger partial charge is 0.253 e. The Morgan fingerprint density at radius 2 is 2.14 bits per heavy atom. The molecule has 4 rings (SSSR count). The van der Waals surface area contributed by atoms with Gasteiger partial charge in [-0.15, -0.1) is 11.3 Å². The van der Waals surface area contributed by atoms with Gasteiger partial charge in [0.1, 0.15) is 16.9 Å². The van der Waals surface area contributed by atoms with Crippen molar-refractivity contribution in [2.75, 3.05) is 20.2 Å². The fourth-order valence-electron chi connectivity index (χ4n) is 3.62. The van der Waals surface area contributed by atoms with E-state index >= 15 is 0 Å². The van der Waals surface area contributed by atoms with Crippen LogP contribution in [0.4, 0.5) is 0 Å². The van der Waals surface area contributed by atoms with Gasteiger partial charge in [-0.2, -0.15) is 0 Å². The highest BCUT2D eigenvalue weighted by Crippen LogP contribution is 2.34. The Morgan fingerprint density at radius 1 is 1.29 bits per heavy atom. The summed E-state index contributed by atoms with van der Waals surface area (Å²) in [5.41, 5.74) is 2.62. The molecule has 1 aliphatic carbocycles. The molecule has 28 heavy (non-hydrogen) atoms. The molecule has 2 atom stereocenters. The number of methoxy groups -OCH3 is 1. The van der Waals surface area contributed by atoms with E-state index in [0.717, 1.165) is 40.4 Å². The second-order valence-electron chi connectivity index (χ2n) is 7.06. The molecule has 0 spiro atoms. The van der Waals surface area contributed by atoms with Gasteiger partial charge >= 0.3 is 0 Å². The van der Waals surface area contributed by atoms with Gasteiger partial charge in [0.05, 0.1) is 25.5 Å². The van der Waals surface area contributed by atoms with Crippen LogP contribution in [0.1, 0.15) is 30.9 Å². The molecule has 146 valence electrons. The van der Waals surface area contributed by atoms with Crippen LogP contribution >= 0.6 is 11.3 Å². The summed E-state index contributed by atoms with van der Waals surface area (Å²) in [5, 5.41) is 2.91. The topological polar surface area (TPSA) is 51.7 Å². The lowest BCUT2D eigenvalue weighted by molar-refractivity contribution is -0.140. The van der Waals surface area contributed by atoms with E-state index in [9.17, 15) is 4.79 Å². The van der Waals surface area contributed by atoms with Gasteiger partial charge in [-0.3, -0.25) is 4.79 Å². The van der Waals surface area contributed by atoms with E-state index < -0.39 is 0 Å². The minimum Gasteiger partial charge on any atom is -0.496 e. The zero-order chi connectivity index (χ0) is 19.5. The quantitative estimate of drug-likeness (QED) is 0.769. The fourth-order valence-corrected chi connectivity index (χ4v) is 4.47. The lowest BCUT2D eigenvalue weighted by atomic mass is 10.1. The number of carbonyl (C=O) groups excluding carboxylic acids is 1. The summed E-state index contributed by atoms with van der Waals surface area (Å²) in [6.45, 7) is 3.13. The van der Waals surface area contributed by atoms with Crippen molar-refractivity contribution in [1.29, 1.82) is 0 Å². The van der Waals surface area contributed by atoms with Crippen LogP contribution in [0.15, 0.2) is 53.4 Å². The first-order chi connectivity index (χ1) is 13.7. The summed E-state index contributed by atoms with van der Waals surface area (Å²) in [5.74, 6) is 0.878. The summed E-state index contributed by atoms with van der Waals surface area (Å²) in [6, 6.07) is 7.85. The highest BCUT2D eigenvalue weighted by atomic mass is 32.1. The normalized spacial score (nSPS) is 22.1. The average Bonchev–Trinajstić information content (AvgIpc) is 3.23. The van der Waals surface area contributed by atoms with Crippen LogP contribution < -0.4 is 4.74 Å². The molecule has 5 nitrogen and oxygen atoms in total. The van der Waals surface area contributed by atoms with Crippen LogP contribution in [0.5, 0.6) is 5.75 Å². The molecule has 0 N–H and O–H groups in total.